The average Bonchev–Trinajstić information content (AvgIpc) is 2.45. The van der Waals surface area contributed by atoms with Gasteiger partial charge in [-0.3, -0.25) is 0 Å². The second kappa shape index (κ2) is 3.32. The fraction of sp³-hybridized carbons (Fsp3) is 0.556. The average molecular weight is 195 g/mol. The van der Waals surface area contributed by atoms with E-state index >= 15 is 0 Å². The molecule has 1 aromatic heterocycles. The molecule has 0 unspecified atom stereocenters. The Labute approximate surface area is 80.9 Å². The van der Waals surface area contributed by atoms with Crippen LogP contribution >= 0.6 is 0 Å². The third-order valence-corrected chi connectivity index (χ3v) is 2.37. The Balaban J connectivity index is 2.60. The van der Waals surface area contributed by atoms with E-state index in [1.165, 1.54) is 13.9 Å². The first-order chi connectivity index (χ1) is 6.75. The number of aromatic nitrogens is 3. The zero-order chi connectivity index (χ0) is 10.1. The van der Waals surface area contributed by atoms with E-state index in [1.807, 2.05) is 19.1 Å². The van der Waals surface area contributed by atoms with Crippen LogP contribution < -0.4 is 11.4 Å². The van der Waals surface area contributed by atoms with Gasteiger partial charge in [-0.15, -0.1) is 0 Å². The van der Waals surface area contributed by atoms with Gasteiger partial charge >= 0.3 is 11.4 Å². The second-order valence-electron chi connectivity index (χ2n) is 3.35. The number of hydrogen-bond donors (Lipinski definition) is 0. The third-order valence-electron chi connectivity index (χ3n) is 2.37. The summed E-state index contributed by atoms with van der Waals surface area (Å²) in [5.74, 6) is 0. The Morgan fingerprint density at radius 2 is 1.64 bits per heavy atom. The van der Waals surface area contributed by atoms with E-state index in [2.05, 4.69) is 0 Å². The van der Waals surface area contributed by atoms with E-state index in [4.69, 9.17) is 0 Å². The van der Waals surface area contributed by atoms with Crippen LogP contribution in [-0.2, 0) is 19.6 Å². The highest BCUT2D eigenvalue weighted by Crippen LogP contribution is 1.93. The standard InChI is InChI=1S/C9H13N3O2/c1-2-5-10-8(13)11-6-3-4-7-12(11)9(10)14/h3-4H,2,5-7H2,1H3. The molecule has 1 aromatic rings. The maximum absolute atomic E-state index is 11.7. The summed E-state index contributed by atoms with van der Waals surface area (Å²) in [7, 11) is 0. The second-order valence-corrected chi connectivity index (χ2v) is 3.35. The van der Waals surface area contributed by atoms with E-state index in [0.29, 0.717) is 19.6 Å². The van der Waals surface area contributed by atoms with Crippen molar-refractivity contribution in [3.05, 3.63) is 33.1 Å². The van der Waals surface area contributed by atoms with Crippen LogP contribution in [0.1, 0.15) is 13.3 Å². The summed E-state index contributed by atoms with van der Waals surface area (Å²) in [5, 5.41) is 0. The van der Waals surface area contributed by atoms with Crippen molar-refractivity contribution < 1.29 is 0 Å². The van der Waals surface area contributed by atoms with E-state index in [0.717, 1.165) is 6.42 Å². The molecule has 2 rings (SSSR count). The Morgan fingerprint density at radius 1 is 1.14 bits per heavy atom. The first kappa shape index (κ1) is 9.05. The van der Waals surface area contributed by atoms with Crippen molar-refractivity contribution in [2.45, 2.75) is 33.0 Å². The maximum Gasteiger partial charge on any atom is 0.347 e. The molecule has 76 valence electrons. The number of hydrogen-bond acceptors (Lipinski definition) is 2. The van der Waals surface area contributed by atoms with Gasteiger partial charge in [-0.1, -0.05) is 19.1 Å². The summed E-state index contributed by atoms with van der Waals surface area (Å²) in [6.45, 7) is 3.46. The molecule has 0 bridgehead atoms. The van der Waals surface area contributed by atoms with E-state index < -0.39 is 0 Å². The molecule has 2 heterocycles. The first-order valence-corrected chi connectivity index (χ1v) is 4.81. The fourth-order valence-corrected chi connectivity index (χ4v) is 1.68. The highest BCUT2D eigenvalue weighted by Gasteiger charge is 2.14. The minimum atomic E-state index is -0.193. The van der Waals surface area contributed by atoms with Crippen molar-refractivity contribution in [2.75, 3.05) is 0 Å². The lowest BCUT2D eigenvalue weighted by atomic mass is 10.4. The van der Waals surface area contributed by atoms with Gasteiger partial charge in [0.1, 0.15) is 0 Å². The molecular formula is C9H13N3O2. The van der Waals surface area contributed by atoms with Gasteiger partial charge in [-0.25, -0.2) is 23.5 Å². The summed E-state index contributed by atoms with van der Waals surface area (Å²) < 4.78 is 4.27. The zero-order valence-electron chi connectivity index (χ0n) is 8.14. The molecule has 14 heavy (non-hydrogen) atoms. The number of fused-ring (bicyclic) bond motifs is 1. The van der Waals surface area contributed by atoms with Crippen molar-refractivity contribution in [2.24, 2.45) is 0 Å². The lowest BCUT2D eigenvalue weighted by Gasteiger charge is -2.08. The number of nitrogens with zero attached hydrogens (tertiary/aromatic N) is 3. The van der Waals surface area contributed by atoms with Crippen LogP contribution in [0.2, 0.25) is 0 Å². The van der Waals surface area contributed by atoms with Crippen molar-refractivity contribution in [1.29, 1.82) is 0 Å². The molecule has 1 aliphatic heterocycles. The molecule has 0 fully saturated rings. The van der Waals surface area contributed by atoms with Crippen molar-refractivity contribution in [3.63, 3.8) is 0 Å². The van der Waals surface area contributed by atoms with Gasteiger partial charge in [0.05, 0.1) is 13.1 Å². The molecule has 1 aliphatic rings. The van der Waals surface area contributed by atoms with Crippen LogP contribution in [0.3, 0.4) is 0 Å². The smallest absolute Gasteiger partial charge is 0.246 e. The summed E-state index contributed by atoms with van der Waals surface area (Å²) in [6.07, 6.45) is 4.60. The van der Waals surface area contributed by atoms with Gasteiger partial charge in [0.2, 0.25) is 0 Å². The topological polar surface area (TPSA) is 48.9 Å². The lowest BCUT2D eigenvalue weighted by Crippen LogP contribution is -2.28. The molecule has 0 aromatic carbocycles. The molecule has 0 amide bonds. The van der Waals surface area contributed by atoms with E-state index in [-0.39, 0.29) is 11.4 Å². The van der Waals surface area contributed by atoms with E-state index in [9.17, 15) is 9.59 Å². The minimum Gasteiger partial charge on any atom is -0.246 e. The molecular weight excluding hydrogens is 182 g/mol. The molecule has 0 atom stereocenters. The molecule has 0 saturated heterocycles. The van der Waals surface area contributed by atoms with Gasteiger partial charge in [0.25, 0.3) is 0 Å². The highest BCUT2D eigenvalue weighted by molar-refractivity contribution is 4.90. The largest absolute Gasteiger partial charge is 0.347 e. The van der Waals surface area contributed by atoms with Crippen LogP contribution in [0.15, 0.2) is 21.7 Å². The SMILES string of the molecule is CCCn1c(=O)n2n(c1=O)CC=CC2. The monoisotopic (exact) mass is 195 g/mol. The van der Waals surface area contributed by atoms with Crippen LogP contribution in [0.5, 0.6) is 0 Å². The van der Waals surface area contributed by atoms with Crippen LogP contribution in [0.25, 0.3) is 0 Å². The third kappa shape index (κ3) is 1.16. The van der Waals surface area contributed by atoms with Crippen molar-refractivity contribution >= 4 is 0 Å². The van der Waals surface area contributed by atoms with Crippen molar-refractivity contribution in [3.8, 4) is 0 Å². The summed E-state index contributed by atoms with van der Waals surface area (Å²) >= 11 is 0. The minimum absolute atomic E-state index is 0.193. The fourth-order valence-electron chi connectivity index (χ4n) is 1.68. The molecule has 5 heteroatoms. The number of allylic oxidation sites excluding steroid dienone is 2. The highest BCUT2D eigenvalue weighted by atomic mass is 16.2. The summed E-state index contributed by atoms with van der Waals surface area (Å²) in [6, 6.07) is 0. The molecule has 5 nitrogen and oxygen atoms in total. The molecule has 0 spiro atoms. The van der Waals surface area contributed by atoms with Crippen LogP contribution in [0.4, 0.5) is 0 Å². The quantitative estimate of drug-likeness (QED) is 0.613. The summed E-state index contributed by atoms with van der Waals surface area (Å²) in [4.78, 5) is 23.4. The van der Waals surface area contributed by atoms with Gasteiger partial charge in [-0.2, -0.15) is 0 Å². The lowest BCUT2D eigenvalue weighted by molar-refractivity contribution is 0.482. The van der Waals surface area contributed by atoms with E-state index in [1.54, 1.807) is 0 Å². The Kier molecular flexibility index (Phi) is 2.15. The molecule has 0 saturated carbocycles. The maximum atomic E-state index is 11.7. The molecule has 0 radical (unpaired) electrons. The van der Waals surface area contributed by atoms with Crippen LogP contribution in [-0.4, -0.2) is 13.9 Å². The molecule has 0 aliphatic carbocycles. The van der Waals surface area contributed by atoms with Crippen LogP contribution in [0, 0.1) is 0 Å². The Morgan fingerprint density at radius 3 is 2.07 bits per heavy atom. The van der Waals surface area contributed by atoms with Gasteiger partial charge in [0, 0.05) is 6.54 Å². The van der Waals surface area contributed by atoms with Gasteiger partial charge in [0.15, 0.2) is 0 Å². The Bertz CT molecular complexity index is 436. The molecule has 0 N–H and O–H groups in total. The first-order valence-electron chi connectivity index (χ1n) is 4.81. The zero-order valence-corrected chi connectivity index (χ0v) is 8.14. The summed E-state index contributed by atoms with van der Waals surface area (Å²) in [5.41, 5.74) is -0.387. The van der Waals surface area contributed by atoms with Crippen molar-refractivity contribution in [1.82, 2.24) is 13.9 Å². The van der Waals surface area contributed by atoms with Gasteiger partial charge < -0.3 is 0 Å². The van der Waals surface area contributed by atoms with Gasteiger partial charge in [-0.05, 0) is 6.42 Å². The normalized spacial score (nSPS) is 14.4. The predicted octanol–water partition coefficient (Wildman–Crippen LogP) is -0.209. The number of rotatable bonds is 2. The predicted molar refractivity (Wildman–Crippen MR) is 52.4 cm³/mol. The Hall–Kier alpha value is -1.52.